The van der Waals surface area contributed by atoms with E-state index in [-0.39, 0.29) is 11.8 Å². The predicted molar refractivity (Wildman–Crippen MR) is 68.1 cm³/mol. The molecule has 1 aliphatic rings. The van der Waals surface area contributed by atoms with Crippen molar-refractivity contribution < 1.29 is 14.0 Å². The van der Waals surface area contributed by atoms with Crippen molar-refractivity contribution in [2.24, 2.45) is 0 Å². The molecule has 104 valence electrons. The van der Waals surface area contributed by atoms with E-state index < -0.39 is 6.04 Å². The van der Waals surface area contributed by atoms with E-state index in [4.69, 9.17) is 4.42 Å². The summed E-state index contributed by atoms with van der Waals surface area (Å²) < 4.78 is 5.51. The number of aromatic nitrogens is 1. The number of rotatable bonds is 4. The Balaban J connectivity index is 2.09. The van der Waals surface area contributed by atoms with E-state index in [2.05, 4.69) is 10.3 Å². The van der Waals surface area contributed by atoms with Crippen molar-refractivity contribution in [1.82, 2.24) is 15.2 Å². The molecule has 0 aliphatic carbocycles. The summed E-state index contributed by atoms with van der Waals surface area (Å²) in [6.07, 6.45) is 3.37. The lowest BCUT2D eigenvalue weighted by molar-refractivity contribution is -0.134. The molecule has 0 aromatic carbocycles. The number of nitrogens with one attached hydrogen (secondary N) is 1. The van der Waals surface area contributed by atoms with Crippen LogP contribution in [0.1, 0.15) is 38.3 Å². The van der Waals surface area contributed by atoms with Crippen molar-refractivity contribution >= 4 is 11.8 Å². The third-order valence-corrected chi connectivity index (χ3v) is 3.24. The fourth-order valence-electron chi connectivity index (χ4n) is 2.08. The first kappa shape index (κ1) is 13.6. The minimum atomic E-state index is -0.435. The number of hydrogen-bond acceptors (Lipinski definition) is 4. The second-order valence-electron chi connectivity index (χ2n) is 4.61. The molecule has 1 atom stereocenters. The van der Waals surface area contributed by atoms with Crippen LogP contribution < -0.4 is 5.32 Å². The molecule has 6 nitrogen and oxygen atoms in total. The van der Waals surface area contributed by atoms with Gasteiger partial charge in [0.2, 0.25) is 17.7 Å². The molecule has 1 aromatic rings. The van der Waals surface area contributed by atoms with Gasteiger partial charge in [0.05, 0.1) is 12.7 Å². The molecule has 1 N–H and O–H groups in total. The van der Waals surface area contributed by atoms with Crippen LogP contribution >= 0.6 is 0 Å². The van der Waals surface area contributed by atoms with Crippen LogP contribution in [0, 0.1) is 0 Å². The molecule has 0 bridgehead atoms. The summed E-state index contributed by atoms with van der Waals surface area (Å²) in [6, 6.07) is -0.435. The van der Waals surface area contributed by atoms with Gasteiger partial charge in [-0.1, -0.05) is 13.8 Å². The number of nitrogens with zero attached hydrogens (tertiary/aromatic N) is 2. The van der Waals surface area contributed by atoms with E-state index in [1.165, 1.54) is 0 Å². The first-order valence-corrected chi connectivity index (χ1v) is 6.65. The molecule has 1 aromatic heterocycles. The van der Waals surface area contributed by atoms with Crippen LogP contribution in [0.3, 0.4) is 0 Å². The highest BCUT2D eigenvalue weighted by Crippen LogP contribution is 2.12. The van der Waals surface area contributed by atoms with Gasteiger partial charge >= 0.3 is 0 Å². The van der Waals surface area contributed by atoms with Crippen LogP contribution in [0.25, 0.3) is 0 Å². The molecule has 6 heteroatoms. The fourth-order valence-corrected chi connectivity index (χ4v) is 2.08. The van der Waals surface area contributed by atoms with E-state index in [1.54, 1.807) is 11.1 Å². The Morgan fingerprint density at radius 1 is 1.47 bits per heavy atom. The molecule has 2 heterocycles. The van der Waals surface area contributed by atoms with Gasteiger partial charge in [-0.05, 0) is 6.42 Å². The maximum Gasteiger partial charge on any atom is 0.245 e. The summed E-state index contributed by atoms with van der Waals surface area (Å²) in [4.78, 5) is 29.5. The Morgan fingerprint density at radius 2 is 2.26 bits per heavy atom. The Labute approximate surface area is 112 Å². The molecule has 19 heavy (non-hydrogen) atoms. The van der Waals surface area contributed by atoms with E-state index >= 15 is 0 Å². The number of amides is 2. The molecule has 0 saturated carbocycles. The smallest absolute Gasteiger partial charge is 0.245 e. The Bertz CT molecular complexity index is 469. The van der Waals surface area contributed by atoms with Crippen molar-refractivity contribution in [1.29, 1.82) is 0 Å². The lowest BCUT2D eigenvalue weighted by Gasteiger charge is -2.21. The van der Waals surface area contributed by atoms with Crippen LogP contribution in [0.4, 0.5) is 0 Å². The van der Waals surface area contributed by atoms with Gasteiger partial charge in [-0.2, -0.15) is 0 Å². The fraction of sp³-hybridized carbons (Fsp3) is 0.615. The summed E-state index contributed by atoms with van der Waals surface area (Å²) in [6.45, 7) is 4.60. The van der Waals surface area contributed by atoms with Crippen LogP contribution in [-0.2, 0) is 22.6 Å². The first-order valence-electron chi connectivity index (χ1n) is 6.65. The quantitative estimate of drug-likeness (QED) is 0.876. The number of oxazole rings is 1. The molecule has 0 radical (unpaired) electrons. The maximum atomic E-state index is 12.2. The number of aryl methyl sites for hydroxylation is 1. The zero-order valence-corrected chi connectivity index (χ0v) is 11.3. The molecule has 1 aliphatic heterocycles. The minimum absolute atomic E-state index is 0.0652. The van der Waals surface area contributed by atoms with Crippen molar-refractivity contribution in [3.8, 4) is 0 Å². The van der Waals surface area contributed by atoms with Gasteiger partial charge in [0.25, 0.3) is 0 Å². The van der Waals surface area contributed by atoms with Gasteiger partial charge in [-0.25, -0.2) is 4.98 Å². The van der Waals surface area contributed by atoms with Gasteiger partial charge in [0, 0.05) is 19.4 Å². The Kier molecular flexibility index (Phi) is 4.19. The summed E-state index contributed by atoms with van der Waals surface area (Å²) in [5.74, 6) is 1.18. The number of carbonyl (C=O) groups excluding carboxylic acids is 2. The third-order valence-electron chi connectivity index (χ3n) is 3.24. The standard InChI is InChI=1S/C13H19N3O3/c1-3-9-7-14-12(19-9)8-16-6-5-11(17)15-10(4-2)13(16)18/h7,10H,3-6,8H2,1-2H3,(H,15,17). The van der Waals surface area contributed by atoms with E-state index in [9.17, 15) is 9.59 Å². The largest absolute Gasteiger partial charge is 0.444 e. The molecule has 2 amide bonds. The number of hydrogen-bond donors (Lipinski definition) is 1. The van der Waals surface area contributed by atoms with E-state index in [0.717, 1.165) is 12.2 Å². The van der Waals surface area contributed by atoms with Crippen molar-refractivity contribution in [3.05, 3.63) is 17.8 Å². The summed E-state index contributed by atoms with van der Waals surface area (Å²) in [5.41, 5.74) is 0. The molecule has 1 saturated heterocycles. The summed E-state index contributed by atoms with van der Waals surface area (Å²) in [7, 11) is 0. The van der Waals surface area contributed by atoms with Gasteiger partial charge < -0.3 is 14.6 Å². The van der Waals surface area contributed by atoms with Crippen molar-refractivity contribution in [2.45, 2.75) is 45.7 Å². The SMILES string of the molecule is CCc1cnc(CN2CCC(=O)NC(CC)C2=O)o1. The average molecular weight is 265 g/mol. The second-order valence-corrected chi connectivity index (χ2v) is 4.61. The topological polar surface area (TPSA) is 75.4 Å². The number of carbonyl (C=O) groups is 2. The monoisotopic (exact) mass is 265 g/mol. The highest BCUT2D eigenvalue weighted by molar-refractivity contribution is 5.89. The zero-order valence-electron chi connectivity index (χ0n) is 11.3. The van der Waals surface area contributed by atoms with Crippen LogP contribution in [-0.4, -0.2) is 34.3 Å². The van der Waals surface area contributed by atoms with Crippen LogP contribution in [0.15, 0.2) is 10.6 Å². The van der Waals surface area contributed by atoms with Crippen LogP contribution in [0.5, 0.6) is 0 Å². The summed E-state index contributed by atoms with van der Waals surface area (Å²) in [5, 5.41) is 2.73. The molecular weight excluding hydrogens is 246 g/mol. The van der Waals surface area contributed by atoms with E-state index in [0.29, 0.717) is 31.8 Å². The van der Waals surface area contributed by atoms with Gasteiger partial charge in [-0.3, -0.25) is 9.59 Å². The highest BCUT2D eigenvalue weighted by Gasteiger charge is 2.29. The van der Waals surface area contributed by atoms with Crippen molar-refractivity contribution in [3.63, 3.8) is 0 Å². The lowest BCUT2D eigenvalue weighted by Crippen LogP contribution is -2.43. The minimum Gasteiger partial charge on any atom is -0.444 e. The predicted octanol–water partition coefficient (Wildman–Crippen LogP) is 0.864. The maximum absolute atomic E-state index is 12.2. The summed E-state index contributed by atoms with van der Waals surface area (Å²) >= 11 is 0. The van der Waals surface area contributed by atoms with Gasteiger partial charge in [0.1, 0.15) is 11.8 Å². The first-order chi connectivity index (χ1) is 9.13. The van der Waals surface area contributed by atoms with Crippen LogP contribution in [0.2, 0.25) is 0 Å². The average Bonchev–Trinajstić information content (AvgIpc) is 2.82. The highest BCUT2D eigenvalue weighted by atomic mass is 16.4. The molecular formula is C13H19N3O3. The molecule has 2 rings (SSSR count). The molecule has 1 fully saturated rings. The zero-order chi connectivity index (χ0) is 13.8. The third kappa shape index (κ3) is 3.13. The lowest BCUT2D eigenvalue weighted by atomic mass is 10.2. The van der Waals surface area contributed by atoms with Gasteiger partial charge in [0.15, 0.2) is 0 Å². The second kappa shape index (κ2) is 5.86. The normalized spacial score (nSPS) is 20.3. The van der Waals surface area contributed by atoms with Crippen molar-refractivity contribution in [2.75, 3.05) is 6.54 Å². The molecule has 1 unspecified atom stereocenters. The Morgan fingerprint density at radius 3 is 2.89 bits per heavy atom. The van der Waals surface area contributed by atoms with E-state index in [1.807, 2.05) is 13.8 Å². The Hall–Kier alpha value is -1.85. The molecule has 0 spiro atoms. The van der Waals surface area contributed by atoms with Gasteiger partial charge in [-0.15, -0.1) is 0 Å².